The van der Waals surface area contributed by atoms with E-state index in [9.17, 15) is 14.4 Å². The molecule has 4 aromatic rings. The van der Waals surface area contributed by atoms with Crippen molar-refractivity contribution in [1.82, 2.24) is 15.6 Å². The zero-order valence-corrected chi connectivity index (χ0v) is 21.9. The molecule has 0 saturated carbocycles. The lowest BCUT2D eigenvalue weighted by Gasteiger charge is -2.18. The van der Waals surface area contributed by atoms with Crippen molar-refractivity contribution < 1.29 is 14.4 Å². The van der Waals surface area contributed by atoms with Gasteiger partial charge in [0, 0.05) is 34.9 Å². The maximum Gasteiger partial charge on any atom is 0.252 e. The highest BCUT2D eigenvalue weighted by Crippen LogP contribution is 2.30. The number of rotatable bonds is 13. The van der Waals surface area contributed by atoms with Gasteiger partial charge in [0.05, 0.1) is 5.56 Å². The predicted molar refractivity (Wildman–Crippen MR) is 150 cm³/mol. The summed E-state index contributed by atoms with van der Waals surface area (Å²) < 4.78 is 0. The molecule has 3 N–H and O–H groups in total. The summed E-state index contributed by atoms with van der Waals surface area (Å²) in [6.07, 6.45) is 4.13. The summed E-state index contributed by atoms with van der Waals surface area (Å²) in [4.78, 5) is 40.6. The molecule has 2 heterocycles. The molecule has 0 aliphatic heterocycles. The Labute approximate surface area is 221 Å². The fourth-order valence-electron chi connectivity index (χ4n) is 4.55. The van der Waals surface area contributed by atoms with Gasteiger partial charge in [0.2, 0.25) is 5.91 Å². The molecule has 1 atom stereocenters. The number of hydrogen-bond acceptors (Lipinski definition) is 4. The first-order chi connectivity index (χ1) is 18.0. The number of amides is 2. The predicted octanol–water partition coefficient (Wildman–Crippen LogP) is 5.89. The lowest BCUT2D eigenvalue weighted by molar-refractivity contribution is -0.123. The van der Waals surface area contributed by atoms with Crippen LogP contribution in [0.1, 0.15) is 54.9 Å². The van der Waals surface area contributed by atoms with E-state index in [2.05, 4.69) is 39.9 Å². The Morgan fingerprint density at radius 2 is 1.73 bits per heavy atom. The average Bonchev–Trinajstić information content (AvgIpc) is 3.57. The molecular weight excluding hydrogens is 482 g/mol. The van der Waals surface area contributed by atoms with Gasteiger partial charge < -0.3 is 20.4 Å². The van der Waals surface area contributed by atoms with Gasteiger partial charge in [0.15, 0.2) is 0 Å². The third-order valence-electron chi connectivity index (χ3n) is 6.48. The molecule has 6 nitrogen and oxygen atoms in total. The van der Waals surface area contributed by atoms with Crippen molar-refractivity contribution in [2.45, 2.75) is 51.5 Å². The zero-order chi connectivity index (χ0) is 26.0. The van der Waals surface area contributed by atoms with Crippen molar-refractivity contribution in [2.75, 3.05) is 6.54 Å². The van der Waals surface area contributed by atoms with Crippen LogP contribution in [0.5, 0.6) is 0 Å². The first-order valence-corrected chi connectivity index (χ1v) is 13.7. The Morgan fingerprint density at radius 3 is 2.49 bits per heavy atom. The van der Waals surface area contributed by atoms with Crippen LogP contribution in [0.2, 0.25) is 0 Å². The minimum absolute atomic E-state index is 0.173. The van der Waals surface area contributed by atoms with Crippen LogP contribution in [0.25, 0.3) is 22.2 Å². The highest BCUT2D eigenvalue weighted by atomic mass is 32.1. The molecule has 37 heavy (non-hydrogen) atoms. The van der Waals surface area contributed by atoms with Crippen LogP contribution in [0.3, 0.4) is 0 Å². The summed E-state index contributed by atoms with van der Waals surface area (Å²) in [5, 5.41) is 10.7. The topological polar surface area (TPSA) is 91.1 Å². The van der Waals surface area contributed by atoms with Gasteiger partial charge in [-0.3, -0.25) is 9.59 Å². The van der Waals surface area contributed by atoms with Gasteiger partial charge in [-0.25, -0.2) is 0 Å². The molecule has 1 unspecified atom stereocenters. The number of carbonyl (C=O) groups is 3. The normalized spacial score (nSPS) is 11.8. The minimum atomic E-state index is -0.624. The molecule has 0 fully saturated rings. The van der Waals surface area contributed by atoms with E-state index >= 15 is 0 Å². The third kappa shape index (κ3) is 7.17. The van der Waals surface area contributed by atoms with E-state index in [1.54, 1.807) is 18.4 Å². The Morgan fingerprint density at radius 1 is 0.946 bits per heavy atom. The molecule has 2 amide bonds. The van der Waals surface area contributed by atoms with E-state index in [0.717, 1.165) is 47.0 Å². The van der Waals surface area contributed by atoms with E-state index in [0.29, 0.717) is 31.4 Å². The second-order valence-corrected chi connectivity index (χ2v) is 10.1. The molecule has 0 radical (unpaired) electrons. The van der Waals surface area contributed by atoms with Crippen LogP contribution in [0.4, 0.5) is 0 Å². The Balaban J connectivity index is 1.42. The van der Waals surface area contributed by atoms with Gasteiger partial charge in [-0.2, -0.15) is 11.3 Å². The van der Waals surface area contributed by atoms with Crippen LogP contribution >= 0.6 is 11.3 Å². The van der Waals surface area contributed by atoms with Gasteiger partial charge >= 0.3 is 0 Å². The number of unbranched alkanes of at least 4 members (excludes halogenated alkanes) is 2. The number of hydrogen-bond donors (Lipinski definition) is 3. The monoisotopic (exact) mass is 515 g/mol. The fraction of sp³-hybridized carbons (Fsp3) is 0.300. The van der Waals surface area contributed by atoms with E-state index in [4.69, 9.17) is 0 Å². The molecular formula is C30H33N3O3S. The minimum Gasteiger partial charge on any atom is -0.354 e. The third-order valence-corrected chi connectivity index (χ3v) is 7.16. The molecule has 2 aromatic carbocycles. The highest BCUT2D eigenvalue weighted by Gasteiger charge is 2.22. The largest absolute Gasteiger partial charge is 0.354 e. The fourth-order valence-corrected chi connectivity index (χ4v) is 5.18. The molecule has 0 saturated heterocycles. The standard InChI is InChI=1S/C30H33N3O3S/c1-21(34)10-4-2-7-15-27(33-29(35)23-17-19-37-20-23)30(36)31-18-16-25-24-13-8-9-14-26(24)32-28(25)22-11-5-3-6-12-22/h3,5-6,8-9,11-14,17,19-20,27,32H,2,4,7,10,15-16,18H2,1H3,(H,31,36)(H,33,35). The summed E-state index contributed by atoms with van der Waals surface area (Å²) in [5.74, 6) is -0.253. The number of carbonyl (C=O) groups excluding carboxylic acids is 3. The summed E-state index contributed by atoms with van der Waals surface area (Å²) >= 11 is 1.45. The van der Waals surface area contributed by atoms with Crippen molar-refractivity contribution in [3.05, 3.63) is 82.6 Å². The molecule has 2 aromatic heterocycles. The number of H-pyrrole nitrogens is 1. The van der Waals surface area contributed by atoms with E-state index < -0.39 is 6.04 Å². The Kier molecular flexibility index (Phi) is 9.27. The van der Waals surface area contributed by atoms with E-state index in [-0.39, 0.29) is 17.6 Å². The first kappa shape index (κ1) is 26.4. The maximum atomic E-state index is 13.2. The van der Waals surface area contributed by atoms with Gasteiger partial charge in [-0.1, -0.05) is 61.4 Å². The number of thiophene rings is 1. The maximum absolute atomic E-state index is 13.2. The Hall–Kier alpha value is -3.71. The number of aromatic nitrogens is 1. The molecule has 0 aliphatic rings. The first-order valence-electron chi connectivity index (χ1n) is 12.8. The molecule has 192 valence electrons. The van der Waals surface area contributed by atoms with Crippen LogP contribution in [0.15, 0.2) is 71.4 Å². The van der Waals surface area contributed by atoms with Crippen molar-refractivity contribution in [3.8, 4) is 11.3 Å². The van der Waals surface area contributed by atoms with Crippen LogP contribution in [-0.2, 0) is 16.0 Å². The lowest BCUT2D eigenvalue weighted by atomic mass is 10.0. The van der Waals surface area contributed by atoms with Crippen LogP contribution in [-0.4, -0.2) is 35.2 Å². The van der Waals surface area contributed by atoms with E-state index in [1.165, 1.54) is 11.3 Å². The van der Waals surface area contributed by atoms with Crippen molar-refractivity contribution >= 4 is 39.8 Å². The van der Waals surface area contributed by atoms with Crippen molar-refractivity contribution in [2.24, 2.45) is 0 Å². The number of benzene rings is 2. The van der Waals surface area contributed by atoms with Gasteiger partial charge in [0.1, 0.15) is 11.8 Å². The summed E-state index contributed by atoms with van der Waals surface area (Å²) in [5.41, 5.74) is 4.94. The molecule has 0 aliphatic carbocycles. The number of para-hydroxylation sites is 1. The van der Waals surface area contributed by atoms with Gasteiger partial charge in [-0.05, 0) is 54.8 Å². The Bertz CT molecular complexity index is 1330. The number of aromatic amines is 1. The highest BCUT2D eigenvalue weighted by molar-refractivity contribution is 7.08. The van der Waals surface area contributed by atoms with Crippen molar-refractivity contribution in [1.29, 1.82) is 0 Å². The zero-order valence-electron chi connectivity index (χ0n) is 21.1. The van der Waals surface area contributed by atoms with Crippen LogP contribution < -0.4 is 10.6 Å². The van der Waals surface area contributed by atoms with Gasteiger partial charge in [0.25, 0.3) is 5.91 Å². The average molecular weight is 516 g/mol. The molecule has 4 rings (SSSR count). The number of ketones is 1. The molecule has 0 bridgehead atoms. The molecule has 7 heteroatoms. The SMILES string of the molecule is CC(=O)CCCCCC(NC(=O)c1ccsc1)C(=O)NCCc1c(-c2ccccc2)[nH]c2ccccc12. The summed E-state index contributed by atoms with van der Waals surface area (Å²) in [7, 11) is 0. The van der Waals surface area contributed by atoms with Crippen LogP contribution in [0, 0.1) is 0 Å². The van der Waals surface area contributed by atoms with E-state index in [1.807, 2.05) is 35.7 Å². The van der Waals surface area contributed by atoms with Gasteiger partial charge in [-0.15, -0.1) is 0 Å². The number of fused-ring (bicyclic) bond motifs is 1. The second kappa shape index (κ2) is 13.0. The molecule has 0 spiro atoms. The number of nitrogens with one attached hydrogen (secondary N) is 3. The summed E-state index contributed by atoms with van der Waals surface area (Å²) in [6, 6.07) is 19.5. The second-order valence-electron chi connectivity index (χ2n) is 9.27. The van der Waals surface area contributed by atoms with Crippen molar-refractivity contribution in [3.63, 3.8) is 0 Å². The smallest absolute Gasteiger partial charge is 0.252 e. The quantitative estimate of drug-likeness (QED) is 0.194. The summed E-state index contributed by atoms with van der Waals surface area (Å²) in [6.45, 7) is 2.05. The number of Topliss-reactive ketones (excluding diaryl/α,β-unsaturated/α-hetero) is 1. The lowest BCUT2D eigenvalue weighted by Crippen LogP contribution is -2.47.